The molecule has 0 aromatic heterocycles. The summed E-state index contributed by atoms with van der Waals surface area (Å²) in [6.45, 7) is 4.39. The fraction of sp³-hybridized carbons (Fsp3) is 1.00. The first-order valence-corrected chi connectivity index (χ1v) is 7.32. The molecule has 2 aliphatic heterocycles. The molecule has 3 fully saturated rings. The zero-order valence-electron chi connectivity index (χ0n) is 11.1. The molecule has 2 saturated heterocycles. The first-order valence-electron chi connectivity index (χ1n) is 7.32. The Bertz CT molecular complexity index is 257. The van der Waals surface area contributed by atoms with Crippen LogP contribution in [0, 0.1) is 5.41 Å². The highest BCUT2D eigenvalue weighted by atomic mass is 16.5. The molecule has 17 heavy (non-hydrogen) atoms. The van der Waals surface area contributed by atoms with Crippen molar-refractivity contribution in [1.82, 2.24) is 10.2 Å². The minimum Gasteiger partial charge on any atom is -0.381 e. The summed E-state index contributed by atoms with van der Waals surface area (Å²) in [4.78, 5) is 2.71. The molecule has 0 amide bonds. The molecule has 0 radical (unpaired) electrons. The molecule has 3 rings (SSSR count). The second kappa shape index (κ2) is 4.87. The third-order valence-electron chi connectivity index (χ3n) is 5.45. The molecule has 0 aromatic carbocycles. The van der Waals surface area contributed by atoms with Gasteiger partial charge in [0.25, 0.3) is 0 Å². The van der Waals surface area contributed by atoms with Gasteiger partial charge in [0.15, 0.2) is 0 Å². The number of hydrogen-bond acceptors (Lipinski definition) is 3. The van der Waals surface area contributed by atoms with Gasteiger partial charge in [0.1, 0.15) is 0 Å². The topological polar surface area (TPSA) is 24.5 Å². The summed E-state index contributed by atoms with van der Waals surface area (Å²) in [5.41, 5.74) is 0.593. The predicted molar refractivity (Wildman–Crippen MR) is 69.2 cm³/mol. The minimum atomic E-state index is 0.593. The van der Waals surface area contributed by atoms with Crippen LogP contribution in [0.5, 0.6) is 0 Å². The van der Waals surface area contributed by atoms with Crippen molar-refractivity contribution in [3.8, 4) is 0 Å². The van der Waals surface area contributed by atoms with Gasteiger partial charge in [0.05, 0.1) is 0 Å². The Hall–Kier alpha value is -0.120. The Balaban J connectivity index is 1.71. The van der Waals surface area contributed by atoms with Crippen LogP contribution in [0.15, 0.2) is 0 Å². The molecule has 1 N–H and O–H groups in total. The highest BCUT2D eigenvalue weighted by Gasteiger charge is 2.46. The van der Waals surface area contributed by atoms with E-state index in [-0.39, 0.29) is 0 Å². The van der Waals surface area contributed by atoms with Crippen LogP contribution < -0.4 is 5.32 Å². The average molecular weight is 238 g/mol. The normalized spacial score (nSPS) is 37.1. The molecule has 3 aliphatic rings. The molecule has 3 heteroatoms. The van der Waals surface area contributed by atoms with Crippen LogP contribution >= 0.6 is 0 Å². The molecule has 0 bridgehead atoms. The monoisotopic (exact) mass is 238 g/mol. The second-order valence-corrected chi connectivity index (χ2v) is 6.19. The van der Waals surface area contributed by atoms with Crippen molar-refractivity contribution >= 4 is 0 Å². The van der Waals surface area contributed by atoms with Gasteiger partial charge >= 0.3 is 0 Å². The molecule has 1 aliphatic carbocycles. The molecular formula is C14H26N2O. The van der Waals surface area contributed by atoms with Gasteiger partial charge in [-0.05, 0) is 51.1 Å². The van der Waals surface area contributed by atoms with E-state index in [1.54, 1.807) is 0 Å². The molecule has 1 saturated carbocycles. The first kappa shape index (κ1) is 11.9. The fourth-order valence-electron chi connectivity index (χ4n) is 4.36. The highest BCUT2D eigenvalue weighted by Crippen LogP contribution is 2.48. The van der Waals surface area contributed by atoms with Crippen molar-refractivity contribution in [2.75, 3.05) is 33.4 Å². The maximum absolute atomic E-state index is 5.58. The van der Waals surface area contributed by atoms with Crippen molar-refractivity contribution in [2.24, 2.45) is 5.41 Å². The molecule has 98 valence electrons. The Morgan fingerprint density at radius 3 is 2.71 bits per heavy atom. The van der Waals surface area contributed by atoms with E-state index in [1.165, 1.54) is 51.6 Å². The smallest absolute Gasteiger partial charge is 0.0471 e. The van der Waals surface area contributed by atoms with Crippen molar-refractivity contribution in [1.29, 1.82) is 0 Å². The van der Waals surface area contributed by atoms with Gasteiger partial charge in [0.2, 0.25) is 0 Å². The van der Waals surface area contributed by atoms with Gasteiger partial charge in [-0.2, -0.15) is 0 Å². The van der Waals surface area contributed by atoms with Gasteiger partial charge in [-0.15, -0.1) is 0 Å². The van der Waals surface area contributed by atoms with E-state index in [1.807, 2.05) is 0 Å². The summed E-state index contributed by atoms with van der Waals surface area (Å²) < 4.78 is 5.58. The number of nitrogens with one attached hydrogen (secondary N) is 1. The lowest BCUT2D eigenvalue weighted by molar-refractivity contribution is -0.0272. The van der Waals surface area contributed by atoms with Crippen LogP contribution in [0.25, 0.3) is 0 Å². The van der Waals surface area contributed by atoms with E-state index >= 15 is 0 Å². The van der Waals surface area contributed by atoms with Crippen LogP contribution in [0.1, 0.15) is 38.5 Å². The summed E-state index contributed by atoms with van der Waals surface area (Å²) in [7, 11) is 2.37. The van der Waals surface area contributed by atoms with E-state index in [9.17, 15) is 0 Å². The molecule has 1 spiro atoms. The van der Waals surface area contributed by atoms with E-state index < -0.39 is 0 Å². The molecule has 3 nitrogen and oxygen atoms in total. The Labute approximate surface area is 105 Å². The largest absolute Gasteiger partial charge is 0.381 e. The van der Waals surface area contributed by atoms with Crippen LogP contribution in [0.4, 0.5) is 0 Å². The molecule has 2 heterocycles. The molecular weight excluding hydrogens is 212 g/mol. The Morgan fingerprint density at radius 1 is 1.18 bits per heavy atom. The van der Waals surface area contributed by atoms with Crippen LogP contribution in [-0.2, 0) is 4.74 Å². The summed E-state index contributed by atoms with van der Waals surface area (Å²) in [5, 5.41) is 3.50. The third kappa shape index (κ3) is 2.13. The zero-order valence-corrected chi connectivity index (χ0v) is 11.1. The van der Waals surface area contributed by atoms with Gasteiger partial charge in [-0.3, -0.25) is 4.90 Å². The number of ether oxygens (including phenoxy) is 1. The fourth-order valence-corrected chi connectivity index (χ4v) is 4.36. The van der Waals surface area contributed by atoms with Gasteiger partial charge in [0, 0.05) is 31.8 Å². The summed E-state index contributed by atoms with van der Waals surface area (Å²) in [6, 6.07) is 1.59. The number of rotatable bonds is 2. The van der Waals surface area contributed by atoms with Crippen molar-refractivity contribution in [3.63, 3.8) is 0 Å². The van der Waals surface area contributed by atoms with E-state index in [0.29, 0.717) is 5.41 Å². The maximum Gasteiger partial charge on any atom is 0.0471 e. The summed E-state index contributed by atoms with van der Waals surface area (Å²) in [6.07, 6.45) is 8.19. The first-order chi connectivity index (χ1) is 8.32. The number of likely N-dealkylation sites (N-methyl/N-ethyl adjacent to an activating group) is 1. The lowest BCUT2D eigenvalue weighted by Gasteiger charge is -2.45. The highest BCUT2D eigenvalue weighted by molar-refractivity contribution is 5.00. The molecule has 0 aromatic rings. The van der Waals surface area contributed by atoms with E-state index in [2.05, 4.69) is 17.3 Å². The SMILES string of the molecule is CN(C1CCNC1)C1CCCC12CCOCC2. The minimum absolute atomic E-state index is 0.593. The van der Waals surface area contributed by atoms with Crippen LogP contribution in [-0.4, -0.2) is 50.3 Å². The van der Waals surface area contributed by atoms with Gasteiger partial charge in [-0.1, -0.05) is 6.42 Å². The molecule has 2 unspecified atom stereocenters. The Kier molecular flexibility index (Phi) is 3.42. The Morgan fingerprint density at radius 2 is 2.00 bits per heavy atom. The lowest BCUT2D eigenvalue weighted by atomic mass is 9.75. The zero-order chi connectivity index (χ0) is 11.7. The quantitative estimate of drug-likeness (QED) is 0.791. The van der Waals surface area contributed by atoms with Crippen LogP contribution in [0.3, 0.4) is 0 Å². The molecule has 2 atom stereocenters. The number of hydrogen-bond donors (Lipinski definition) is 1. The average Bonchev–Trinajstić information content (AvgIpc) is 2.99. The van der Waals surface area contributed by atoms with Crippen molar-refractivity contribution < 1.29 is 4.74 Å². The summed E-state index contributed by atoms with van der Waals surface area (Å²) in [5.74, 6) is 0. The van der Waals surface area contributed by atoms with Crippen LogP contribution in [0.2, 0.25) is 0 Å². The standard InChI is InChI=1S/C14H26N2O/c1-16(12-4-8-15-11-12)13-3-2-5-14(13)6-9-17-10-7-14/h12-13,15H,2-11H2,1H3. The number of nitrogens with zero attached hydrogens (tertiary/aromatic N) is 1. The third-order valence-corrected chi connectivity index (χ3v) is 5.45. The lowest BCUT2D eigenvalue weighted by Crippen LogP contribution is -2.50. The van der Waals surface area contributed by atoms with Crippen molar-refractivity contribution in [3.05, 3.63) is 0 Å². The van der Waals surface area contributed by atoms with Crippen molar-refractivity contribution in [2.45, 2.75) is 50.6 Å². The maximum atomic E-state index is 5.58. The van der Waals surface area contributed by atoms with E-state index in [4.69, 9.17) is 4.74 Å². The second-order valence-electron chi connectivity index (χ2n) is 6.19. The van der Waals surface area contributed by atoms with Gasteiger partial charge in [-0.25, -0.2) is 0 Å². The van der Waals surface area contributed by atoms with E-state index in [0.717, 1.165) is 25.3 Å². The van der Waals surface area contributed by atoms with Gasteiger partial charge < -0.3 is 10.1 Å². The predicted octanol–water partition coefficient (Wildman–Crippen LogP) is 1.63. The summed E-state index contributed by atoms with van der Waals surface area (Å²) >= 11 is 0.